The van der Waals surface area contributed by atoms with Crippen LogP contribution in [0.1, 0.15) is 41.7 Å². The van der Waals surface area contributed by atoms with Crippen molar-refractivity contribution in [2.45, 2.75) is 30.6 Å². The molecule has 0 radical (unpaired) electrons. The molecular weight excluding hydrogens is 326 g/mol. The Hall–Kier alpha value is -2.15. The van der Waals surface area contributed by atoms with Gasteiger partial charge in [0.25, 0.3) is 5.91 Å². The Bertz CT molecular complexity index is 807. The monoisotopic (exact) mass is 347 g/mol. The van der Waals surface area contributed by atoms with E-state index in [9.17, 15) is 13.2 Å². The summed E-state index contributed by atoms with van der Waals surface area (Å²) in [6.07, 6.45) is 3.49. The van der Waals surface area contributed by atoms with Crippen LogP contribution in [0.3, 0.4) is 0 Å². The van der Waals surface area contributed by atoms with Gasteiger partial charge in [0, 0.05) is 36.5 Å². The topological polar surface area (TPSA) is 83.1 Å². The summed E-state index contributed by atoms with van der Waals surface area (Å²) >= 11 is 0. The number of carbonyl (C=O) groups excluding carboxylic acids is 1. The minimum Gasteiger partial charge on any atom is -0.339 e. The van der Waals surface area contributed by atoms with Crippen LogP contribution in [0, 0.1) is 0 Å². The third kappa shape index (κ3) is 3.36. The average molecular weight is 347 g/mol. The second-order valence-electron chi connectivity index (χ2n) is 6.01. The fourth-order valence-corrected chi connectivity index (χ4v) is 3.99. The molecule has 2 aromatic rings. The van der Waals surface area contributed by atoms with Gasteiger partial charge >= 0.3 is 0 Å². The number of aromatic nitrogens is 2. The molecule has 1 aromatic carbocycles. The summed E-state index contributed by atoms with van der Waals surface area (Å²) in [5.41, 5.74) is 1.54. The molecule has 7 heteroatoms. The number of carbonyl (C=O) groups is 1. The summed E-state index contributed by atoms with van der Waals surface area (Å²) in [5.74, 6) is 0.315. The van der Waals surface area contributed by atoms with E-state index in [1.165, 1.54) is 6.07 Å². The van der Waals surface area contributed by atoms with Crippen LogP contribution in [0.5, 0.6) is 0 Å². The van der Waals surface area contributed by atoms with E-state index in [0.717, 1.165) is 18.5 Å². The highest BCUT2D eigenvalue weighted by atomic mass is 32.2. The van der Waals surface area contributed by atoms with Crippen molar-refractivity contribution in [1.82, 2.24) is 15.1 Å². The second kappa shape index (κ2) is 6.76. The number of likely N-dealkylation sites (tertiary alicyclic amines) is 1. The van der Waals surface area contributed by atoms with Crippen LogP contribution in [-0.2, 0) is 9.84 Å². The van der Waals surface area contributed by atoms with E-state index in [2.05, 4.69) is 10.2 Å². The minimum absolute atomic E-state index is 0.0280. The number of sulfone groups is 1. The largest absolute Gasteiger partial charge is 0.339 e. The van der Waals surface area contributed by atoms with Gasteiger partial charge in [0.1, 0.15) is 0 Å². The van der Waals surface area contributed by atoms with Gasteiger partial charge in [0.15, 0.2) is 9.84 Å². The normalized spacial score (nSPS) is 16.3. The van der Waals surface area contributed by atoms with Gasteiger partial charge in [-0.15, -0.1) is 0 Å². The first-order chi connectivity index (χ1) is 11.5. The molecule has 128 valence electrons. The van der Waals surface area contributed by atoms with Crippen molar-refractivity contribution in [2.75, 3.05) is 18.8 Å². The maximum Gasteiger partial charge on any atom is 0.253 e. The number of piperidine rings is 1. The van der Waals surface area contributed by atoms with Crippen LogP contribution in [0.25, 0.3) is 0 Å². The fraction of sp³-hybridized carbons (Fsp3) is 0.412. The number of H-pyrrole nitrogens is 1. The lowest BCUT2D eigenvalue weighted by molar-refractivity contribution is 0.0712. The Labute approximate surface area is 141 Å². The molecule has 0 spiro atoms. The Morgan fingerprint density at radius 1 is 1.29 bits per heavy atom. The Morgan fingerprint density at radius 3 is 2.67 bits per heavy atom. The number of aromatic amines is 1. The standard InChI is InChI=1S/C17H21N3O3S/c1-2-24(22,23)15-5-3-4-14(12-15)17(21)20-10-7-13(8-11-20)16-6-9-18-19-16/h3-6,9,12-13H,2,7-8,10-11H2,1H3,(H,18,19). The smallest absolute Gasteiger partial charge is 0.253 e. The van der Waals surface area contributed by atoms with Gasteiger partial charge in [-0.05, 0) is 37.1 Å². The van der Waals surface area contributed by atoms with Crippen molar-refractivity contribution in [3.63, 3.8) is 0 Å². The predicted molar refractivity (Wildman–Crippen MR) is 90.6 cm³/mol. The first-order valence-electron chi connectivity index (χ1n) is 8.12. The van der Waals surface area contributed by atoms with E-state index in [0.29, 0.717) is 24.6 Å². The number of nitrogens with one attached hydrogen (secondary N) is 1. The summed E-state index contributed by atoms with van der Waals surface area (Å²) < 4.78 is 24.0. The van der Waals surface area contributed by atoms with E-state index >= 15 is 0 Å². The summed E-state index contributed by atoms with van der Waals surface area (Å²) in [4.78, 5) is 14.7. The summed E-state index contributed by atoms with van der Waals surface area (Å²) in [6.45, 7) is 2.92. The van der Waals surface area contributed by atoms with Crippen molar-refractivity contribution < 1.29 is 13.2 Å². The molecule has 0 aliphatic carbocycles. The van der Waals surface area contributed by atoms with Crippen LogP contribution < -0.4 is 0 Å². The van der Waals surface area contributed by atoms with E-state index in [1.807, 2.05) is 6.07 Å². The lowest BCUT2D eigenvalue weighted by atomic mass is 9.93. The summed E-state index contributed by atoms with van der Waals surface area (Å²) in [7, 11) is -3.31. The highest BCUT2D eigenvalue weighted by Gasteiger charge is 2.25. The highest BCUT2D eigenvalue weighted by Crippen LogP contribution is 2.27. The quantitative estimate of drug-likeness (QED) is 0.919. The zero-order valence-electron chi connectivity index (χ0n) is 13.6. The molecule has 0 atom stereocenters. The number of nitrogens with zero attached hydrogens (tertiary/aromatic N) is 2. The van der Waals surface area contributed by atoms with Gasteiger partial charge in [-0.1, -0.05) is 13.0 Å². The Kier molecular flexibility index (Phi) is 4.71. The van der Waals surface area contributed by atoms with Crippen LogP contribution in [0.15, 0.2) is 41.4 Å². The molecule has 24 heavy (non-hydrogen) atoms. The highest BCUT2D eigenvalue weighted by molar-refractivity contribution is 7.91. The van der Waals surface area contributed by atoms with E-state index in [1.54, 1.807) is 36.2 Å². The molecular formula is C17H21N3O3S. The minimum atomic E-state index is -3.31. The third-order valence-electron chi connectivity index (χ3n) is 4.56. The molecule has 1 fully saturated rings. The molecule has 1 aliphatic rings. The van der Waals surface area contributed by atoms with E-state index in [4.69, 9.17) is 0 Å². The zero-order chi connectivity index (χ0) is 17.2. The van der Waals surface area contributed by atoms with Gasteiger partial charge in [0.2, 0.25) is 0 Å². The van der Waals surface area contributed by atoms with Crippen molar-refractivity contribution in [1.29, 1.82) is 0 Å². The van der Waals surface area contributed by atoms with Crippen LogP contribution in [0.4, 0.5) is 0 Å². The van der Waals surface area contributed by atoms with Crippen LogP contribution in [-0.4, -0.2) is 48.3 Å². The molecule has 0 bridgehead atoms. The Balaban J connectivity index is 1.71. The molecule has 1 amide bonds. The van der Waals surface area contributed by atoms with Crippen molar-refractivity contribution in [3.05, 3.63) is 47.8 Å². The zero-order valence-corrected chi connectivity index (χ0v) is 14.4. The molecule has 0 saturated carbocycles. The molecule has 1 N–H and O–H groups in total. The molecule has 6 nitrogen and oxygen atoms in total. The van der Waals surface area contributed by atoms with Crippen LogP contribution in [0.2, 0.25) is 0 Å². The van der Waals surface area contributed by atoms with E-state index in [-0.39, 0.29) is 16.6 Å². The first kappa shape index (κ1) is 16.7. The number of rotatable bonds is 4. The summed E-state index contributed by atoms with van der Waals surface area (Å²) in [6, 6.07) is 8.31. The summed E-state index contributed by atoms with van der Waals surface area (Å²) in [5, 5.41) is 6.97. The molecule has 1 aliphatic heterocycles. The SMILES string of the molecule is CCS(=O)(=O)c1cccc(C(=O)N2CCC(c3ccn[nH]3)CC2)c1. The van der Waals surface area contributed by atoms with Gasteiger partial charge in [-0.3, -0.25) is 9.89 Å². The molecule has 1 aromatic heterocycles. The molecule has 3 rings (SSSR count). The number of amides is 1. The van der Waals surface area contributed by atoms with Crippen molar-refractivity contribution in [2.24, 2.45) is 0 Å². The number of hydrogen-bond acceptors (Lipinski definition) is 4. The Morgan fingerprint density at radius 2 is 2.04 bits per heavy atom. The molecule has 0 unspecified atom stereocenters. The first-order valence-corrected chi connectivity index (χ1v) is 9.78. The van der Waals surface area contributed by atoms with Gasteiger partial charge in [0.05, 0.1) is 10.6 Å². The second-order valence-corrected chi connectivity index (χ2v) is 8.29. The number of hydrogen-bond donors (Lipinski definition) is 1. The van der Waals surface area contributed by atoms with Gasteiger partial charge in [-0.25, -0.2) is 8.42 Å². The fourth-order valence-electron chi connectivity index (χ4n) is 3.06. The third-order valence-corrected chi connectivity index (χ3v) is 6.30. The maximum absolute atomic E-state index is 12.7. The molecule has 2 heterocycles. The molecule has 1 saturated heterocycles. The van der Waals surface area contributed by atoms with Gasteiger partial charge in [-0.2, -0.15) is 5.10 Å². The predicted octanol–water partition coefficient (Wildman–Crippen LogP) is 2.22. The van der Waals surface area contributed by atoms with E-state index < -0.39 is 9.84 Å². The lowest BCUT2D eigenvalue weighted by Gasteiger charge is -2.31. The average Bonchev–Trinajstić information content (AvgIpc) is 3.16. The lowest BCUT2D eigenvalue weighted by Crippen LogP contribution is -2.38. The van der Waals surface area contributed by atoms with Gasteiger partial charge < -0.3 is 4.90 Å². The van der Waals surface area contributed by atoms with Crippen molar-refractivity contribution in [3.8, 4) is 0 Å². The number of benzene rings is 1. The van der Waals surface area contributed by atoms with Crippen LogP contribution >= 0.6 is 0 Å². The van der Waals surface area contributed by atoms with Crippen molar-refractivity contribution >= 4 is 15.7 Å². The maximum atomic E-state index is 12.7.